The Bertz CT molecular complexity index is 404. The van der Waals surface area contributed by atoms with Gasteiger partial charge in [-0.05, 0) is 44.5 Å². The van der Waals surface area contributed by atoms with Gasteiger partial charge < -0.3 is 15.8 Å². The van der Waals surface area contributed by atoms with Crippen molar-refractivity contribution in [2.24, 2.45) is 5.73 Å². The number of benzene rings is 1. The molecule has 0 amide bonds. The van der Waals surface area contributed by atoms with Crippen LogP contribution >= 0.6 is 0 Å². The number of anilines is 1. The minimum atomic E-state index is -0.00113. The van der Waals surface area contributed by atoms with E-state index in [-0.39, 0.29) is 5.54 Å². The first-order valence-corrected chi connectivity index (χ1v) is 6.95. The van der Waals surface area contributed by atoms with E-state index in [1.165, 1.54) is 0 Å². The van der Waals surface area contributed by atoms with Gasteiger partial charge in [-0.15, -0.1) is 0 Å². The average molecular weight is 263 g/mol. The van der Waals surface area contributed by atoms with Gasteiger partial charge in [-0.2, -0.15) is 0 Å². The topological polar surface area (TPSA) is 50.5 Å². The number of hydrogen-bond acceptors (Lipinski definition) is 4. The fraction of sp³-hybridized carbons (Fsp3) is 0.600. The zero-order valence-corrected chi connectivity index (χ0v) is 12.1. The summed E-state index contributed by atoms with van der Waals surface area (Å²) in [6.07, 6.45) is 1.09. The van der Waals surface area contributed by atoms with Crippen molar-refractivity contribution in [3.8, 4) is 5.75 Å². The van der Waals surface area contributed by atoms with Gasteiger partial charge in [0.15, 0.2) is 0 Å². The Hall–Kier alpha value is -1.26. The molecule has 106 valence electrons. The maximum absolute atomic E-state index is 6.02. The predicted molar refractivity (Wildman–Crippen MR) is 79.7 cm³/mol. The molecule has 1 aliphatic rings. The van der Waals surface area contributed by atoms with Gasteiger partial charge in [0.1, 0.15) is 5.75 Å². The molecule has 0 aliphatic carbocycles. The van der Waals surface area contributed by atoms with Crippen LogP contribution in [0.5, 0.6) is 5.75 Å². The largest absolute Gasteiger partial charge is 0.497 e. The van der Waals surface area contributed by atoms with Gasteiger partial charge in [-0.1, -0.05) is 0 Å². The lowest BCUT2D eigenvalue weighted by Crippen LogP contribution is -2.48. The number of nitrogens with zero attached hydrogens (tertiary/aromatic N) is 1. The zero-order chi connectivity index (χ0) is 13.9. The van der Waals surface area contributed by atoms with E-state index >= 15 is 0 Å². The number of ether oxygens (including phenoxy) is 1. The molecule has 1 atom stereocenters. The fourth-order valence-corrected chi connectivity index (χ4v) is 2.65. The van der Waals surface area contributed by atoms with Crippen molar-refractivity contribution in [3.63, 3.8) is 0 Å². The van der Waals surface area contributed by atoms with E-state index in [0.717, 1.165) is 30.9 Å². The second-order valence-electron chi connectivity index (χ2n) is 5.65. The molecular formula is C15H25N3O. The molecule has 1 heterocycles. The van der Waals surface area contributed by atoms with Crippen molar-refractivity contribution in [2.45, 2.75) is 31.8 Å². The van der Waals surface area contributed by atoms with Crippen molar-refractivity contribution in [1.29, 1.82) is 0 Å². The highest BCUT2D eigenvalue weighted by Crippen LogP contribution is 2.27. The molecular weight excluding hydrogens is 238 g/mol. The molecule has 0 spiro atoms. The number of likely N-dealkylation sites (tertiary alicyclic amines) is 1. The van der Waals surface area contributed by atoms with E-state index < -0.39 is 0 Å². The molecule has 0 aromatic heterocycles. The van der Waals surface area contributed by atoms with Crippen LogP contribution in [0.25, 0.3) is 0 Å². The van der Waals surface area contributed by atoms with Crippen molar-refractivity contribution in [2.75, 3.05) is 32.1 Å². The van der Waals surface area contributed by atoms with Crippen LogP contribution in [0.4, 0.5) is 5.69 Å². The van der Waals surface area contributed by atoms with Crippen LogP contribution in [0, 0.1) is 0 Å². The molecule has 0 saturated carbocycles. The summed E-state index contributed by atoms with van der Waals surface area (Å²) in [4.78, 5) is 2.48. The molecule has 1 saturated heterocycles. The Labute approximate surface area is 115 Å². The van der Waals surface area contributed by atoms with Crippen molar-refractivity contribution in [1.82, 2.24) is 4.90 Å². The van der Waals surface area contributed by atoms with Crippen molar-refractivity contribution in [3.05, 3.63) is 24.3 Å². The second kappa shape index (κ2) is 5.80. The highest BCUT2D eigenvalue weighted by molar-refractivity contribution is 5.49. The Morgan fingerprint density at radius 1 is 1.37 bits per heavy atom. The van der Waals surface area contributed by atoms with Crippen molar-refractivity contribution >= 4 is 5.69 Å². The minimum Gasteiger partial charge on any atom is -0.497 e. The third kappa shape index (κ3) is 3.19. The summed E-state index contributed by atoms with van der Waals surface area (Å²) in [5, 5.41) is 3.62. The second-order valence-corrected chi connectivity index (χ2v) is 5.65. The molecule has 1 aromatic carbocycles. The smallest absolute Gasteiger partial charge is 0.119 e. The summed E-state index contributed by atoms with van der Waals surface area (Å²) >= 11 is 0. The third-order valence-electron chi connectivity index (χ3n) is 4.00. The summed E-state index contributed by atoms with van der Waals surface area (Å²) in [6, 6.07) is 8.62. The Kier molecular flexibility index (Phi) is 4.32. The average Bonchev–Trinajstić information content (AvgIpc) is 2.85. The number of nitrogens with two attached hydrogens (primary N) is 1. The van der Waals surface area contributed by atoms with E-state index in [9.17, 15) is 0 Å². The van der Waals surface area contributed by atoms with Crippen LogP contribution in [0.2, 0.25) is 0 Å². The maximum Gasteiger partial charge on any atom is 0.119 e. The highest BCUT2D eigenvalue weighted by Gasteiger charge is 2.37. The zero-order valence-electron chi connectivity index (χ0n) is 12.1. The van der Waals surface area contributed by atoms with Gasteiger partial charge >= 0.3 is 0 Å². The summed E-state index contributed by atoms with van der Waals surface area (Å²) in [5.74, 6) is 0.877. The lowest BCUT2D eigenvalue weighted by atomic mass is 9.98. The van der Waals surface area contributed by atoms with Crippen LogP contribution in [-0.2, 0) is 0 Å². The van der Waals surface area contributed by atoms with E-state index in [1.54, 1.807) is 7.11 Å². The molecule has 1 fully saturated rings. The maximum atomic E-state index is 6.02. The highest BCUT2D eigenvalue weighted by atomic mass is 16.5. The predicted octanol–water partition coefficient (Wildman–Crippen LogP) is 1.92. The van der Waals surface area contributed by atoms with Gasteiger partial charge in [-0.25, -0.2) is 0 Å². The van der Waals surface area contributed by atoms with Crippen LogP contribution in [0.1, 0.15) is 20.3 Å². The first kappa shape index (κ1) is 14.2. The quantitative estimate of drug-likeness (QED) is 0.852. The molecule has 2 rings (SSSR count). The fourth-order valence-electron chi connectivity index (χ4n) is 2.65. The molecule has 3 N–H and O–H groups in total. The van der Waals surface area contributed by atoms with Crippen LogP contribution < -0.4 is 15.8 Å². The van der Waals surface area contributed by atoms with Gasteiger partial charge in [0.25, 0.3) is 0 Å². The van der Waals surface area contributed by atoms with Crippen LogP contribution in [-0.4, -0.2) is 43.2 Å². The van der Waals surface area contributed by atoms with E-state index in [2.05, 4.69) is 24.1 Å². The van der Waals surface area contributed by atoms with E-state index in [1.807, 2.05) is 24.3 Å². The summed E-state index contributed by atoms with van der Waals surface area (Å²) in [7, 11) is 1.68. The molecule has 4 nitrogen and oxygen atoms in total. The first-order valence-electron chi connectivity index (χ1n) is 6.95. The van der Waals surface area contributed by atoms with Gasteiger partial charge in [0.2, 0.25) is 0 Å². The third-order valence-corrected chi connectivity index (χ3v) is 4.00. The lowest BCUT2D eigenvalue weighted by molar-refractivity contribution is 0.262. The van der Waals surface area contributed by atoms with E-state index in [0.29, 0.717) is 12.6 Å². The minimum absolute atomic E-state index is 0.00113. The van der Waals surface area contributed by atoms with Gasteiger partial charge in [-0.3, -0.25) is 4.90 Å². The molecule has 4 heteroatoms. The number of rotatable bonds is 5. The summed E-state index contributed by atoms with van der Waals surface area (Å²) in [6.45, 7) is 7.24. The Morgan fingerprint density at radius 3 is 2.53 bits per heavy atom. The van der Waals surface area contributed by atoms with Crippen LogP contribution in [0.3, 0.4) is 0 Å². The monoisotopic (exact) mass is 263 g/mol. The summed E-state index contributed by atoms with van der Waals surface area (Å²) in [5.41, 5.74) is 7.13. The van der Waals surface area contributed by atoms with Gasteiger partial charge in [0, 0.05) is 31.4 Å². The van der Waals surface area contributed by atoms with Gasteiger partial charge in [0.05, 0.1) is 12.6 Å². The standard InChI is InChI=1S/C15H25N3O/c1-12(2)18-9-8-15(10-16,11-18)17-13-4-6-14(19-3)7-5-13/h4-7,12,17H,8-11,16H2,1-3H3. The molecule has 0 bridgehead atoms. The van der Waals surface area contributed by atoms with E-state index in [4.69, 9.17) is 10.5 Å². The Balaban J connectivity index is 2.06. The lowest BCUT2D eigenvalue weighted by Gasteiger charge is -2.31. The number of hydrogen-bond donors (Lipinski definition) is 2. The Morgan fingerprint density at radius 2 is 2.05 bits per heavy atom. The molecule has 0 radical (unpaired) electrons. The van der Waals surface area contributed by atoms with Crippen molar-refractivity contribution < 1.29 is 4.74 Å². The molecule has 1 aliphatic heterocycles. The van der Waals surface area contributed by atoms with Crippen LogP contribution in [0.15, 0.2) is 24.3 Å². The first-order chi connectivity index (χ1) is 9.08. The number of nitrogens with one attached hydrogen (secondary N) is 1. The molecule has 1 aromatic rings. The summed E-state index contributed by atoms with van der Waals surface area (Å²) < 4.78 is 5.18. The number of methoxy groups -OCH3 is 1. The SMILES string of the molecule is COc1ccc(NC2(CN)CCN(C(C)C)C2)cc1. The normalized spacial score (nSPS) is 23.8. The molecule has 19 heavy (non-hydrogen) atoms. The molecule has 1 unspecified atom stereocenters.